The van der Waals surface area contributed by atoms with Gasteiger partial charge in [0, 0.05) is 49.7 Å². The summed E-state index contributed by atoms with van der Waals surface area (Å²) in [4.78, 5) is 18.8. The molecule has 65 heavy (non-hydrogen) atoms. The molecule has 0 amide bonds. The molecule has 0 radical (unpaired) electrons. The van der Waals surface area contributed by atoms with Crippen molar-refractivity contribution < 1.29 is 0 Å². The minimum Gasteiger partial charge on any atom is -0.308 e. The van der Waals surface area contributed by atoms with Gasteiger partial charge in [-0.1, -0.05) is 115 Å². The summed E-state index contributed by atoms with van der Waals surface area (Å²) in [7, 11) is 0. The fourth-order valence-corrected chi connectivity index (χ4v) is 8.38. The van der Waals surface area contributed by atoms with E-state index in [9.17, 15) is 21.0 Å². The van der Waals surface area contributed by atoms with E-state index in [-0.39, 0.29) is 11.1 Å². The molecule has 298 valence electrons. The summed E-state index contributed by atoms with van der Waals surface area (Å²) < 4.78 is 2.15. The number of fused-ring (bicyclic) bond motifs is 3. The third kappa shape index (κ3) is 7.05. The molecule has 9 heteroatoms. The summed E-state index contributed by atoms with van der Waals surface area (Å²) >= 11 is 0. The number of para-hydroxylation sites is 1. The van der Waals surface area contributed by atoms with Crippen molar-refractivity contribution in [3.63, 3.8) is 0 Å². The van der Waals surface area contributed by atoms with Crippen LogP contribution < -0.4 is 0 Å². The van der Waals surface area contributed by atoms with Gasteiger partial charge in [0.1, 0.15) is 0 Å². The van der Waals surface area contributed by atoms with Crippen LogP contribution in [0.2, 0.25) is 0 Å². The van der Waals surface area contributed by atoms with Crippen molar-refractivity contribution in [1.29, 1.82) is 21.0 Å². The first kappa shape index (κ1) is 39.2. The lowest BCUT2D eigenvalue weighted by atomic mass is 9.88. The summed E-state index contributed by atoms with van der Waals surface area (Å²) in [6.45, 7) is 7.80. The molecule has 0 aliphatic carbocycles. The van der Waals surface area contributed by atoms with Crippen molar-refractivity contribution in [1.82, 2.24) is 19.5 Å². The smallest absolute Gasteiger partial charge is 0.188 e. The van der Waals surface area contributed by atoms with Crippen molar-refractivity contribution in [2.45, 2.75) is 0 Å². The van der Waals surface area contributed by atoms with Gasteiger partial charge in [-0.3, -0.25) is 0 Å². The highest BCUT2D eigenvalue weighted by atomic mass is 15.0. The third-order valence-electron chi connectivity index (χ3n) is 11.4. The van der Waals surface area contributed by atoms with Crippen LogP contribution in [0.15, 0.2) is 176 Å². The minimum atomic E-state index is 0.267. The lowest BCUT2D eigenvalue weighted by molar-refractivity contribution is 1.07. The molecule has 0 aliphatic rings. The van der Waals surface area contributed by atoms with Crippen LogP contribution in [0.3, 0.4) is 0 Å². The van der Waals surface area contributed by atoms with Gasteiger partial charge in [-0.25, -0.2) is 19.8 Å². The second-order valence-corrected chi connectivity index (χ2v) is 15.2. The molecule has 0 saturated carbocycles. The highest BCUT2D eigenvalue weighted by Crippen LogP contribution is 2.46. The number of nitriles is 4. The van der Waals surface area contributed by atoms with Crippen molar-refractivity contribution in [3.05, 3.63) is 210 Å². The summed E-state index contributed by atoms with van der Waals surface area (Å²) in [6.07, 6.45) is 0. The largest absolute Gasteiger partial charge is 0.308 e. The second kappa shape index (κ2) is 16.5. The summed E-state index contributed by atoms with van der Waals surface area (Å²) in [6, 6.07) is 64.2. The van der Waals surface area contributed by atoms with E-state index in [2.05, 4.69) is 45.8 Å². The highest BCUT2D eigenvalue weighted by Gasteiger charge is 2.26. The molecule has 10 rings (SSSR count). The summed E-state index contributed by atoms with van der Waals surface area (Å²) in [5.41, 5.74) is 10.3. The Hall–Kier alpha value is -9.98. The van der Waals surface area contributed by atoms with Gasteiger partial charge in [-0.15, -0.1) is 0 Å². The Kier molecular flexibility index (Phi) is 9.93. The lowest BCUT2D eigenvalue weighted by Crippen LogP contribution is -2.05. The van der Waals surface area contributed by atoms with Gasteiger partial charge < -0.3 is 4.57 Å². The second-order valence-electron chi connectivity index (χ2n) is 15.2. The molecule has 2 aromatic heterocycles. The van der Waals surface area contributed by atoms with Crippen molar-refractivity contribution in [3.8, 4) is 97.5 Å². The standard InChI is InChI=1S/C56H29N9/c1-61-44-21-23-46(43(27-44)34-60)50-30-41(56-63-54(37-12-4-2-5-13-37)62-55(64-56)38-14-6-3-7-15-38)29-49(45-22-19-36(32-58)26-42(45)33-59)53(50)65-51-18-9-8-17-47(51)48-28-40(20-24-52(48)65)39-16-10-11-35(25-39)31-57/h2-30H. The zero-order valence-electron chi connectivity index (χ0n) is 34.3. The number of rotatable bonds is 7. The number of aromatic nitrogens is 4. The van der Waals surface area contributed by atoms with E-state index in [4.69, 9.17) is 21.5 Å². The van der Waals surface area contributed by atoms with E-state index >= 15 is 0 Å². The van der Waals surface area contributed by atoms with Gasteiger partial charge >= 0.3 is 0 Å². The van der Waals surface area contributed by atoms with Gasteiger partial charge in [-0.05, 0) is 77.4 Å². The SMILES string of the molecule is [C-]#[N+]c1ccc(-c2cc(-c3nc(-c4ccccc4)nc(-c4ccccc4)n3)cc(-c3ccc(C#N)cc3C#N)c2-n2c3ccccc3c3cc(-c4cccc(C#N)c4)ccc32)c(C#N)c1. The lowest BCUT2D eigenvalue weighted by Gasteiger charge is -2.22. The molecule has 0 bridgehead atoms. The van der Waals surface area contributed by atoms with Gasteiger partial charge in [0.15, 0.2) is 23.2 Å². The normalized spacial score (nSPS) is 10.7. The molecule has 0 atom stereocenters. The minimum absolute atomic E-state index is 0.267. The first-order valence-electron chi connectivity index (χ1n) is 20.4. The van der Waals surface area contributed by atoms with E-state index in [1.54, 1.807) is 42.5 Å². The van der Waals surface area contributed by atoms with Gasteiger partial charge in [-0.2, -0.15) is 21.0 Å². The molecule has 9 nitrogen and oxygen atoms in total. The van der Waals surface area contributed by atoms with Gasteiger partial charge in [0.05, 0.1) is 64.3 Å². The number of nitrogens with zero attached hydrogens (tertiary/aromatic N) is 9. The Bertz CT molecular complexity index is 3620. The molecule has 0 N–H and O–H groups in total. The molecule has 0 spiro atoms. The summed E-state index contributed by atoms with van der Waals surface area (Å²) in [5.74, 6) is 1.26. The molecule has 10 aromatic rings. The Morgan fingerprint density at radius 3 is 1.57 bits per heavy atom. The average molecular weight is 828 g/mol. The quantitative estimate of drug-likeness (QED) is 0.145. The van der Waals surface area contributed by atoms with Crippen LogP contribution in [0.1, 0.15) is 22.3 Å². The molecular weight excluding hydrogens is 799 g/mol. The van der Waals surface area contributed by atoms with Gasteiger partial charge in [0.25, 0.3) is 0 Å². The predicted molar refractivity (Wildman–Crippen MR) is 252 cm³/mol. The van der Waals surface area contributed by atoms with E-state index in [1.165, 1.54) is 0 Å². The van der Waals surface area contributed by atoms with Gasteiger partial charge in [0.2, 0.25) is 0 Å². The Labute approximate surface area is 373 Å². The zero-order valence-corrected chi connectivity index (χ0v) is 34.3. The van der Waals surface area contributed by atoms with E-state index in [0.717, 1.165) is 44.1 Å². The average Bonchev–Trinajstić information content (AvgIpc) is 3.71. The predicted octanol–water partition coefficient (Wildman–Crippen LogP) is 13.0. The fourth-order valence-electron chi connectivity index (χ4n) is 8.38. The van der Waals surface area contributed by atoms with Crippen LogP contribution in [-0.4, -0.2) is 19.5 Å². The topological polar surface area (TPSA) is 143 Å². The van der Waals surface area contributed by atoms with Crippen LogP contribution >= 0.6 is 0 Å². The van der Waals surface area contributed by atoms with Crippen molar-refractivity contribution in [2.24, 2.45) is 0 Å². The van der Waals surface area contributed by atoms with E-state index < -0.39 is 0 Å². The maximum absolute atomic E-state index is 10.8. The Balaban J connectivity index is 1.37. The Morgan fingerprint density at radius 2 is 0.938 bits per heavy atom. The molecule has 8 aromatic carbocycles. The molecule has 0 fully saturated rings. The first-order valence-corrected chi connectivity index (χ1v) is 20.4. The number of benzene rings is 8. The van der Waals surface area contributed by atoms with Crippen molar-refractivity contribution in [2.75, 3.05) is 0 Å². The van der Waals surface area contributed by atoms with E-state index in [0.29, 0.717) is 67.8 Å². The zero-order chi connectivity index (χ0) is 44.4. The molecule has 0 saturated heterocycles. The highest BCUT2D eigenvalue weighted by molar-refractivity contribution is 6.12. The Morgan fingerprint density at radius 1 is 0.400 bits per heavy atom. The fraction of sp³-hybridized carbons (Fsp3) is 0. The molecular formula is C56H29N9. The maximum atomic E-state index is 10.8. The number of hydrogen-bond acceptors (Lipinski definition) is 7. The van der Waals surface area contributed by atoms with Crippen LogP contribution in [-0.2, 0) is 0 Å². The third-order valence-corrected chi connectivity index (χ3v) is 11.4. The maximum Gasteiger partial charge on any atom is 0.188 e. The monoisotopic (exact) mass is 827 g/mol. The van der Waals surface area contributed by atoms with E-state index in [1.807, 2.05) is 121 Å². The molecule has 2 heterocycles. The van der Waals surface area contributed by atoms with Crippen LogP contribution in [0.4, 0.5) is 5.69 Å². The number of hydrogen-bond donors (Lipinski definition) is 0. The van der Waals surface area contributed by atoms with Crippen molar-refractivity contribution >= 4 is 27.5 Å². The van der Waals surface area contributed by atoms with Crippen LogP contribution in [0.5, 0.6) is 0 Å². The molecule has 0 aliphatic heterocycles. The first-order chi connectivity index (χ1) is 32.0. The molecule has 0 unspecified atom stereocenters. The summed E-state index contributed by atoms with van der Waals surface area (Å²) in [5, 5.41) is 43.1. The van der Waals surface area contributed by atoms with Crippen LogP contribution in [0.25, 0.3) is 99.9 Å². The van der Waals surface area contributed by atoms with Crippen LogP contribution in [0, 0.1) is 51.9 Å².